The number of hydrogen-bond donors (Lipinski definition) is 0. The largest absolute Gasteiger partial charge is 0.310 e. The average Bonchev–Trinajstić information content (AvgIpc) is 3.48. The fraction of sp³-hybridized carbons (Fsp3) is 0.226. The van der Waals surface area contributed by atoms with Crippen LogP contribution in [-0.4, -0.2) is 0 Å². The summed E-state index contributed by atoms with van der Waals surface area (Å²) in [4.78, 5) is 2.52. The lowest BCUT2D eigenvalue weighted by atomic mass is 9.63. The Labute approximate surface area is 376 Å². The van der Waals surface area contributed by atoms with E-state index in [1.165, 1.54) is 78.0 Å². The van der Waals surface area contributed by atoms with E-state index in [4.69, 9.17) is 0 Å². The third kappa shape index (κ3) is 6.67. The highest BCUT2D eigenvalue weighted by molar-refractivity contribution is 5.91. The maximum Gasteiger partial charge on any atom is 0.0561 e. The Morgan fingerprint density at radius 1 is 0.492 bits per heavy atom. The Morgan fingerprint density at radius 3 is 1.76 bits per heavy atom. The molecule has 4 aliphatic carbocycles. The third-order valence-electron chi connectivity index (χ3n) is 14.2. The quantitative estimate of drug-likeness (QED) is 0.162. The smallest absolute Gasteiger partial charge is 0.0561 e. The molecule has 6 aromatic carbocycles. The molecule has 0 amide bonds. The molecule has 1 heteroatoms. The fourth-order valence-electron chi connectivity index (χ4n) is 10.9. The van der Waals surface area contributed by atoms with E-state index in [0.717, 1.165) is 17.8 Å². The van der Waals surface area contributed by atoms with Crippen LogP contribution in [0.3, 0.4) is 0 Å². The Hall–Kier alpha value is -6.44. The molecule has 0 aliphatic heterocycles. The van der Waals surface area contributed by atoms with Gasteiger partial charge >= 0.3 is 0 Å². The summed E-state index contributed by atoms with van der Waals surface area (Å²) >= 11 is 0. The first-order chi connectivity index (χ1) is 30.3. The van der Waals surface area contributed by atoms with Crippen LogP contribution in [0.15, 0.2) is 200 Å². The highest BCUT2D eigenvalue weighted by Crippen LogP contribution is 2.59. The van der Waals surface area contributed by atoms with Gasteiger partial charge in [0.15, 0.2) is 0 Å². The molecule has 4 aliphatic rings. The lowest BCUT2D eigenvalue weighted by Gasteiger charge is -2.39. The Kier molecular flexibility index (Phi) is 9.75. The van der Waals surface area contributed by atoms with Crippen LogP contribution in [-0.2, 0) is 21.7 Å². The van der Waals surface area contributed by atoms with Crippen molar-refractivity contribution >= 4 is 17.1 Å². The summed E-state index contributed by atoms with van der Waals surface area (Å²) < 4.78 is 0. The van der Waals surface area contributed by atoms with E-state index in [1.807, 2.05) is 0 Å². The molecule has 0 aromatic heterocycles. The van der Waals surface area contributed by atoms with Gasteiger partial charge in [0, 0.05) is 28.4 Å². The number of hydrogen-bond acceptors (Lipinski definition) is 1. The second kappa shape index (κ2) is 15.1. The van der Waals surface area contributed by atoms with Crippen molar-refractivity contribution in [3.8, 4) is 33.4 Å². The molecule has 0 heterocycles. The van der Waals surface area contributed by atoms with Gasteiger partial charge in [0.1, 0.15) is 0 Å². The fourth-order valence-corrected chi connectivity index (χ4v) is 10.9. The van der Waals surface area contributed by atoms with Crippen LogP contribution in [0.25, 0.3) is 33.4 Å². The maximum absolute atomic E-state index is 2.52. The van der Waals surface area contributed by atoms with Gasteiger partial charge in [0.25, 0.3) is 0 Å². The summed E-state index contributed by atoms with van der Waals surface area (Å²) in [6, 6.07) is 48.9. The minimum atomic E-state index is -0.455. The highest BCUT2D eigenvalue weighted by Gasteiger charge is 2.49. The van der Waals surface area contributed by atoms with Crippen LogP contribution in [0.5, 0.6) is 0 Å². The van der Waals surface area contributed by atoms with Gasteiger partial charge in [0.05, 0.1) is 5.41 Å². The number of anilines is 3. The highest BCUT2D eigenvalue weighted by atomic mass is 15.1. The van der Waals surface area contributed by atoms with E-state index in [0.29, 0.717) is 0 Å². The van der Waals surface area contributed by atoms with Crippen molar-refractivity contribution in [2.45, 2.75) is 83.5 Å². The molecule has 0 N–H and O–H groups in total. The molecule has 1 atom stereocenters. The molecule has 6 aromatic rings. The molecular weight excluding hydrogens is 759 g/mol. The molecule has 312 valence electrons. The van der Waals surface area contributed by atoms with Gasteiger partial charge in [-0.25, -0.2) is 0 Å². The van der Waals surface area contributed by atoms with Crippen molar-refractivity contribution in [1.82, 2.24) is 0 Å². The summed E-state index contributed by atoms with van der Waals surface area (Å²) in [5, 5.41) is 0. The van der Waals surface area contributed by atoms with Gasteiger partial charge in [-0.2, -0.15) is 0 Å². The summed E-state index contributed by atoms with van der Waals surface area (Å²) in [7, 11) is 0. The van der Waals surface area contributed by atoms with Crippen molar-refractivity contribution in [2.24, 2.45) is 5.92 Å². The number of rotatable bonds is 6. The average molecular weight is 818 g/mol. The lowest BCUT2D eigenvalue weighted by Crippen LogP contribution is -2.35. The molecule has 0 spiro atoms. The van der Waals surface area contributed by atoms with E-state index >= 15 is 0 Å². The first kappa shape index (κ1) is 40.6. The number of allylic oxidation sites excluding steroid dienone is 12. The molecule has 1 unspecified atom stereocenters. The SMILES string of the molecule is CC(C)(C)c1cc(N(c2ccc(-c3cccc4c3C(C)(C)c3ccccc3-4)cc2)c2ccc3c(c2)C(C2=CC=CCC=C2)(C2C=CC=CC=C2)c2ccccc2-3)cc(C(C)(C)C)c1. The minimum Gasteiger partial charge on any atom is -0.310 e. The van der Waals surface area contributed by atoms with Crippen molar-refractivity contribution < 1.29 is 0 Å². The minimum absolute atomic E-state index is 0.0453. The van der Waals surface area contributed by atoms with Crippen molar-refractivity contribution in [3.63, 3.8) is 0 Å². The van der Waals surface area contributed by atoms with E-state index < -0.39 is 5.41 Å². The number of nitrogens with zero attached hydrogens (tertiary/aromatic N) is 1. The van der Waals surface area contributed by atoms with E-state index in [9.17, 15) is 0 Å². The summed E-state index contributed by atoms with van der Waals surface area (Å²) in [5.74, 6) is 0.0833. The summed E-state index contributed by atoms with van der Waals surface area (Å²) in [6.07, 6.45) is 26.1. The van der Waals surface area contributed by atoms with Gasteiger partial charge in [-0.3, -0.25) is 0 Å². The monoisotopic (exact) mass is 817 g/mol. The Balaban J connectivity index is 1.20. The van der Waals surface area contributed by atoms with Crippen LogP contribution in [0.2, 0.25) is 0 Å². The van der Waals surface area contributed by atoms with Crippen LogP contribution < -0.4 is 4.90 Å². The molecule has 63 heavy (non-hydrogen) atoms. The predicted octanol–water partition coefficient (Wildman–Crippen LogP) is 16.7. The normalized spacial score (nSPS) is 18.3. The third-order valence-corrected chi connectivity index (χ3v) is 14.2. The van der Waals surface area contributed by atoms with Crippen molar-refractivity contribution in [2.75, 3.05) is 4.90 Å². The van der Waals surface area contributed by atoms with Gasteiger partial charge in [0.2, 0.25) is 0 Å². The van der Waals surface area contributed by atoms with Crippen LogP contribution in [0.4, 0.5) is 17.1 Å². The Morgan fingerprint density at radius 2 is 1.08 bits per heavy atom. The Bertz CT molecular complexity index is 2910. The van der Waals surface area contributed by atoms with E-state index in [1.54, 1.807) is 0 Å². The maximum atomic E-state index is 2.52. The molecule has 0 fully saturated rings. The standard InChI is InChI=1S/C62H59N/c1-59(2,3)45-38-46(60(4,5)6)40-49(39-45)63(47-34-32-42(33-35-47)50-28-21-29-54-52-27-17-19-30-55(52)61(7,8)58(50)54)48-36-37-53-51-26-18-20-31-56(51)62(57(53)41-48,43-22-13-9-10-14-23-43)44-24-15-11-12-16-25-44/h9-11,13-41,43H,12H2,1-8H3. The molecule has 0 saturated heterocycles. The van der Waals surface area contributed by atoms with Crippen molar-refractivity contribution in [1.29, 1.82) is 0 Å². The van der Waals surface area contributed by atoms with Crippen molar-refractivity contribution in [3.05, 3.63) is 233 Å². The zero-order valence-corrected chi connectivity index (χ0v) is 38.2. The zero-order chi connectivity index (χ0) is 43.7. The second-order valence-electron chi connectivity index (χ2n) is 20.5. The molecule has 10 rings (SSSR count). The first-order valence-corrected chi connectivity index (χ1v) is 22.9. The van der Waals surface area contributed by atoms with Gasteiger partial charge in [-0.15, -0.1) is 0 Å². The van der Waals surface area contributed by atoms with Gasteiger partial charge < -0.3 is 4.90 Å². The zero-order valence-electron chi connectivity index (χ0n) is 38.2. The van der Waals surface area contributed by atoms with E-state index in [2.05, 4.69) is 255 Å². The number of benzene rings is 6. The first-order valence-electron chi connectivity index (χ1n) is 22.9. The summed E-state index contributed by atoms with van der Waals surface area (Å²) in [5.41, 5.74) is 20.1. The molecule has 0 radical (unpaired) electrons. The van der Waals surface area contributed by atoms with Crippen LogP contribution in [0.1, 0.15) is 95.2 Å². The summed E-state index contributed by atoms with van der Waals surface area (Å²) in [6.45, 7) is 18.8. The van der Waals surface area contributed by atoms with Gasteiger partial charge in [-0.1, -0.05) is 213 Å². The molecular formula is C62H59N. The second-order valence-corrected chi connectivity index (χ2v) is 20.5. The molecule has 0 bridgehead atoms. The van der Waals surface area contributed by atoms with E-state index in [-0.39, 0.29) is 22.2 Å². The lowest BCUT2D eigenvalue weighted by molar-refractivity contribution is 0.536. The molecule has 0 saturated carbocycles. The van der Waals surface area contributed by atoms with Gasteiger partial charge in [-0.05, 0) is 126 Å². The van der Waals surface area contributed by atoms with Crippen LogP contribution in [0, 0.1) is 5.92 Å². The molecule has 1 nitrogen and oxygen atoms in total. The number of fused-ring (bicyclic) bond motifs is 6. The van der Waals surface area contributed by atoms with Crippen LogP contribution >= 0.6 is 0 Å². The topological polar surface area (TPSA) is 3.24 Å². The predicted molar refractivity (Wildman–Crippen MR) is 270 cm³/mol.